The Morgan fingerprint density at radius 1 is 1.50 bits per heavy atom. The number of methoxy groups -OCH3 is 1. The highest BCUT2D eigenvalue weighted by atomic mass is 17.3. The van der Waals surface area contributed by atoms with Crippen LogP contribution in [0.4, 0.5) is 0 Å². The molecule has 0 aromatic heterocycles. The Kier molecular flexibility index (Phi) is 3.71. The predicted octanol–water partition coefficient (Wildman–Crippen LogP) is 2.11. The second-order valence-corrected chi connectivity index (χ2v) is 5.24. The SMILES string of the molecule is COC1OOC12CCCC[C@@]2(C#N)CCC(C)=O. The van der Waals surface area contributed by atoms with Crippen LogP contribution >= 0.6 is 0 Å². The van der Waals surface area contributed by atoms with Crippen molar-refractivity contribution in [2.45, 2.75) is 57.3 Å². The fraction of sp³-hybridized carbons (Fsp3) is 0.846. The van der Waals surface area contributed by atoms with Gasteiger partial charge in [-0.2, -0.15) is 5.26 Å². The molecule has 2 fully saturated rings. The molecule has 1 aliphatic heterocycles. The van der Waals surface area contributed by atoms with Gasteiger partial charge in [-0.1, -0.05) is 12.8 Å². The van der Waals surface area contributed by atoms with E-state index in [4.69, 9.17) is 14.5 Å². The zero-order chi connectivity index (χ0) is 13.2. The number of carbonyl (C=O) groups excluding carboxylic acids is 1. The maximum absolute atomic E-state index is 11.2. The number of ether oxygens (including phenoxy) is 1. The normalized spacial score (nSPS) is 39.1. The fourth-order valence-corrected chi connectivity index (χ4v) is 3.10. The van der Waals surface area contributed by atoms with E-state index in [0.717, 1.165) is 25.7 Å². The van der Waals surface area contributed by atoms with Gasteiger partial charge in [-0.3, -0.25) is 0 Å². The molecule has 0 aromatic carbocycles. The molecule has 2 unspecified atom stereocenters. The van der Waals surface area contributed by atoms with Crippen LogP contribution in [0.5, 0.6) is 0 Å². The van der Waals surface area contributed by atoms with E-state index in [9.17, 15) is 10.1 Å². The summed E-state index contributed by atoms with van der Waals surface area (Å²) in [5.41, 5.74) is -1.36. The lowest BCUT2D eigenvalue weighted by atomic mass is 9.60. The summed E-state index contributed by atoms with van der Waals surface area (Å²) in [6.45, 7) is 1.55. The van der Waals surface area contributed by atoms with E-state index in [1.54, 1.807) is 14.0 Å². The van der Waals surface area contributed by atoms with Crippen molar-refractivity contribution in [3.8, 4) is 6.07 Å². The lowest BCUT2D eigenvalue weighted by molar-refractivity contribution is -0.578. The molecule has 0 aromatic rings. The Bertz CT molecular complexity index is 376. The van der Waals surface area contributed by atoms with Crippen molar-refractivity contribution in [2.75, 3.05) is 7.11 Å². The van der Waals surface area contributed by atoms with Gasteiger partial charge in [-0.05, 0) is 26.2 Å². The monoisotopic (exact) mass is 253 g/mol. The molecule has 2 aliphatic rings. The van der Waals surface area contributed by atoms with Gasteiger partial charge in [0.05, 0.1) is 11.5 Å². The van der Waals surface area contributed by atoms with Gasteiger partial charge in [0.25, 0.3) is 0 Å². The molecule has 2 rings (SSSR count). The molecule has 0 amide bonds. The van der Waals surface area contributed by atoms with Gasteiger partial charge in [0.15, 0.2) is 5.60 Å². The van der Waals surface area contributed by atoms with Crippen molar-refractivity contribution in [3.05, 3.63) is 0 Å². The number of nitrogens with zero attached hydrogens (tertiary/aromatic N) is 1. The summed E-state index contributed by atoms with van der Waals surface area (Å²) in [5.74, 6) is 0.0968. The minimum Gasteiger partial charge on any atom is -0.351 e. The molecule has 18 heavy (non-hydrogen) atoms. The molecule has 0 bridgehead atoms. The summed E-state index contributed by atoms with van der Waals surface area (Å²) in [6.07, 6.45) is 3.87. The fourth-order valence-electron chi connectivity index (χ4n) is 3.10. The molecule has 100 valence electrons. The number of carbonyl (C=O) groups is 1. The van der Waals surface area contributed by atoms with E-state index in [1.165, 1.54) is 0 Å². The number of Topliss-reactive ketones (excluding diaryl/α,β-unsaturated/α-hetero) is 1. The minimum absolute atomic E-state index is 0.0968. The quantitative estimate of drug-likeness (QED) is 0.718. The molecule has 0 N–H and O–H groups in total. The van der Waals surface area contributed by atoms with Crippen LogP contribution in [-0.2, 0) is 19.3 Å². The predicted molar refractivity (Wildman–Crippen MR) is 62.1 cm³/mol. The smallest absolute Gasteiger partial charge is 0.225 e. The molecular weight excluding hydrogens is 234 g/mol. The Hall–Kier alpha value is -0.960. The standard InChI is InChI=1S/C13H19NO4/c1-10(15)5-8-12(9-14)6-3-4-7-13(12)11(16-2)17-18-13/h11H,3-8H2,1-2H3/t11?,12-,13?/m0/s1. The molecule has 1 heterocycles. The molecule has 5 nitrogen and oxygen atoms in total. The lowest BCUT2D eigenvalue weighted by Gasteiger charge is -2.56. The van der Waals surface area contributed by atoms with Crippen LogP contribution < -0.4 is 0 Å². The largest absolute Gasteiger partial charge is 0.351 e. The van der Waals surface area contributed by atoms with Crippen molar-refractivity contribution in [3.63, 3.8) is 0 Å². The number of nitriles is 1. The second kappa shape index (κ2) is 4.96. The third kappa shape index (κ3) is 1.85. The van der Waals surface area contributed by atoms with Crippen LogP contribution in [0.25, 0.3) is 0 Å². The van der Waals surface area contributed by atoms with Gasteiger partial charge in [-0.15, -0.1) is 0 Å². The Balaban J connectivity index is 2.24. The van der Waals surface area contributed by atoms with E-state index in [2.05, 4.69) is 6.07 Å². The first-order chi connectivity index (χ1) is 8.60. The Morgan fingerprint density at radius 2 is 2.22 bits per heavy atom. The topological polar surface area (TPSA) is 68.6 Å². The minimum atomic E-state index is -0.690. The number of hydrogen-bond donors (Lipinski definition) is 0. The first kappa shape index (κ1) is 13.5. The Labute approximate surface area is 107 Å². The maximum Gasteiger partial charge on any atom is 0.225 e. The van der Waals surface area contributed by atoms with E-state index in [-0.39, 0.29) is 5.78 Å². The van der Waals surface area contributed by atoms with Crippen LogP contribution in [0.1, 0.15) is 45.4 Å². The van der Waals surface area contributed by atoms with Crippen LogP contribution in [-0.4, -0.2) is 24.8 Å². The summed E-state index contributed by atoms with van der Waals surface area (Å²) < 4.78 is 5.26. The summed E-state index contributed by atoms with van der Waals surface area (Å²) in [5, 5.41) is 9.62. The van der Waals surface area contributed by atoms with Crippen molar-refractivity contribution < 1.29 is 19.3 Å². The molecular formula is C13H19NO4. The van der Waals surface area contributed by atoms with Gasteiger partial charge < -0.3 is 9.53 Å². The van der Waals surface area contributed by atoms with Gasteiger partial charge in [-0.25, -0.2) is 9.78 Å². The zero-order valence-corrected chi connectivity index (χ0v) is 10.9. The van der Waals surface area contributed by atoms with Crippen LogP contribution in [0.3, 0.4) is 0 Å². The van der Waals surface area contributed by atoms with E-state index in [1.807, 2.05) is 0 Å². The van der Waals surface area contributed by atoms with Crippen molar-refractivity contribution in [2.24, 2.45) is 5.41 Å². The molecule has 1 saturated heterocycles. The van der Waals surface area contributed by atoms with Crippen LogP contribution in [0.15, 0.2) is 0 Å². The van der Waals surface area contributed by atoms with Crippen LogP contribution in [0, 0.1) is 16.7 Å². The van der Waals surface area contributed by atoms with Gasteiger partial charge >= 0.3 is 0 Å². The second-order valence-electron chi connectivity index (χ2n) is 5.24. The first-order valence-electron chi connectivity index (χ1n) is 6.38. The molecule has 3 atom stereocenters. The summed E-state index contributed by atoms with van der Waals surface area (Å²) >= 11 is 0. The van der Waals surface area contributed by atoms with Gasteiger partial charge in [0.2, 0.25) is 6.29 Å². The average molecular weight is 253 g/mol. The molecule has 5 heteroatoms. The molecule has 1 spiro atoms. The van der Waals surface area contributed by atoms with Gasteiger partial charge in [0, 0.05) is 13.5 Å². The van der Waals surface area contributed by atoms with Crippen LogP contribution in [0.2, 0.25) is 0 Å². The number of ketones is 1. The number of rotatable bonds is 4. The van der Waals surface area contributed by atoms with Crippen molar-refractivity contribution >= 4 is 5.78 Å². The highest BCUT2D eigenvalue weighted by Gasteiger charge is 2.66. The zero-order valence-electron chi connectivity index (χ0n) is 10.9. The van der Waals surface area contributed by atoms with Gasteiger partial charge in [0.1, 0.15) is 5.78 Å². The van der Waals surface area contributed by atoms with Crippen molar-refractivity contribution in [1.82, 2.24) is 0 Å². The maximum atomic E-state index is 11.2. The number of hydrogen-bond acceptors (Lipinski definition) is 5. The third-order valence-corrected chi connectivity index (χ3v) is 4.21. The lowest BCUT2D eigenvalue weighted by Crippen LogP contribution is -2.67. The molecule has 1 aliphatic carbocycles. The van der Waals surface area contributed by atoms with E-state index < -0.39 is 17.3 Å². The molecule has 0 radical (unpaired) electrons. The summed E-state index contributed by atoms with van der Waals surface area (Å²) in [6, 6.07) is 2.39. The Morgan fingerprint density at radius 3 is 2.72 bits per heavy atom. The third-order valence-electron chi connectivity index (χ3n) is 4.21. The van der Waals surface area contributed by atoms with E-state index in [0.29, 0.717) is 12.8 Å². The highest BCUT2D eigenvalue weighted by Crippen LogP contribution is 2.56. The van der Waals surface area contributed by atoms with E-state index >= 15 is 0 Å². The average Bonchev–Trinajstić information content (AvgIpc) is 2.35. The summed E-state index contributed by atoms with van der Waals surface area (Å²) in [7, 11) is 1.55. The molecule has 1 saturated carbocycles. The van der Waals surface area contributed by atoms with Crippen molar-refractivity contribution in [1.29, 1.82) is 5.26 Å². The first-order valence-corrected chi connectivity index (χ1v) is 6.38. The summed E-state index contributed by atoms with van der Waals surface area (Å²) in [4.78, 5) is 21.5. The highest BCUT2D eigenvalue weighted by molar-refractivity contribution is 5.75.